The highest BCUT2D eigenvalue weighted by atomic mass is 32.2. The number of ketones is 1. The van der Waals surface area contributed by atoms with Crippen molar-refractivity contribution in [2.45, 2.75) is 12.5 Å². The number of rotatable bonds is 8. The van der Waals surface area contributed by atoms with E-state index >= 15 is 0 Å². The lowest BCUT2D eigenvalue weighted by atomic mass is 10.1. The molecule has 24 heavy (non-hydrogen) atoms. The van der Waals surface area contributed by atoms with E-state index in [4.69, 9.17) is 15.2 Å². The van der Waals surface area contributed by atoms with Crippen molar-refractivity contribution >= 4 is 15.6 Å². The van der Waals surface area contributed by atoms with Crippen LogP contribution < -0.4 is 15.2 Å². The second kappa shape index (κ2) is 7.96. The van der Waals surface area contributed by atoms with E-state index in [0.717, 1.165) is 0 Å². The first-order valence-corrected chi connectivity index (χ1v) is 9.62. The quantitative estimate of drug-likeness (QED) is 0.670. The molecule has 1 aliphatic rings. The van der Waals surface area contributed by atoms with Crippen LogP contribution in [0.5, 0.6) is 11.5 Å². The molecule has 0 radical (unpaired) electrons. The normalized spacial score (nSPS) is 19.4. The molecule has 0 saturated carbocycles. The van der Waals surface area contributed by atoms with Crippen LogP contribution in [0, 0.1) is 0 Å². The molecular formula is C16H24N2O5S. The number of carbonyl (C=O) groups excluding carboxylic acids is 1. The van der Waals surface area contributed by atoms with Gasteiger partial charge in [-0.15, -0.1) is 0 Å². The van der Waals surface area contributed by atoms with Crippen LogP contribution in [0.3, 0.4) is 0 Å². The average Bonchev–Trinajstić information content (AvgIpc) is 2.93. The molecule has 1 aromatic carbocycles. The van der Waals surface area contributed by atoms with E-state index in [1.54, 1.807) is 18.2 Å². The third-order valence-corrected chi connectivity index (χ3v) is 5.94. The van der Waals surface area contributed by atoms with Gasteiger partial charge in [-0.2, -0.15) is 0 Å². The van der Waals surface area contributed by atoms with Crippen LogP contribution in [-0.2, 0) is 9.84 Å². The molecule has 0 unspecified atom stereocenters. The van der Waals surface area contributed by atoms with E-state index in [1.165, 1.54) is 14.2 Å². The molecular weight excluding hydrogens is 332 g/mol. The second-order valence-electron chi connectivity index (χ2n) is 5.81. The Labute approximate surface area is 142 Å². The van der Waals surface area contributed by atoms with E-state index < -0.39 is 9.84 Å². The van der Waals surface area contributed by atoms with Crippen LogP contribution in [0.2, 0.25) is 0 Å². The molecule has 1 saturated heterocycles. The van der Waals surface area contributed by atoms with Gasteiger partial charge in [-0.05, 0) is 24.6 Å². The Morgan fingerprint density at radius 3 is 2.54 bits per heavy atom. The minimum atomic E-state index is -3.01. The molecule has 1 heterocycles. The number of methoxy groups -OCH3 is 2. The van der Waals surface area contributed by atoms with Crippen molar-refractivity contribution in [1.29, 1.82) is 0 Å². The van der Waals surface area contributed by atoms with Crippen molar-refractivity contribution in [3.05, 3.63) is 23.8 Å². The molecule has 7 nitrogen and oxygen atoms in total. The number of nitrogens with two attached hydrogens (primary N) is 1. The van der Waals surface area contributed by atoms with Crippen molar-refractivity contribution in [2.75, 3.05) is 45.4 Å². The highest BCUT2D eigenvalue weighted by Gasteiger charge is 2.32. The minimum Gasteiger partial charge on any atom is -0.493 e. The first-order chi connectivity index (χ1) is 11.4. The summed E-state index contributed by atoms with van der Waals surface area (Å²) >= 11 is 0. The van der Waals surface area contributed by atoms with Crippen LogP contribution in [0.4, 0.5) is 0 Å². The summed E-state index contributed by atoms with van der Waals surface area (Å²) in [7, 11) is 0.0315. The summed E-state index contributed by atoms with van der Waals surface area (Å²) in [6.45, 7) is 0.988. The molecule has 0 bridgehead atoms. The zero-order chi connectivity index (χ0) is 17.7. The van der Waals surface area contributed by atoms with Crippen molar-refractivity contribution < 1.29 is 22.7 Å². The van der Waals surface area contributed by atoms with Gasteiger partial charge in [-0.25, -0.2) is 8.42 Å². The third kappa shape index (κ3) is 4.46. The second-order valence-corrected chi connectivity index (χ2v) is 8.04. The highest BCUT2D eigenvalue weighted by molar-refractivity contribution is 7.91. The maximum Gasteiger partial charge on any atom is 0.176 e. The molecule has 0 spiro atoms. The molecule has 1 atom stereocenters. The van der Waals surface area contributed by atoms with Gasteiger partial charge in [0, 0.05) is 24.7 Å². The van der Waals surface area contributed by atoms with Gasteiger partial charge in [0.05, 0.1) is 32.3 Å². The van der Waals surface area contributed by atoms with Crippen molar-refractivity contribution in [3.8, 4) is 11.5 Å². The van der Waals surface area contributed by atoms with Gasteiger partial charge in [0.15, 0.2) is 27.1 Å². The van der Waals surface area contributed by atoms with Gasteiger partial charge in [0.1, 0.15) is 0 Å². The first-order valence-electron chi connectivity index (χ1n) is 7.80. The lowest BCUT2D eigenvalue weighted by Gasteiger charge is -2.26. The predicted molar refractivity (Wildman–Crippen MR) is 91.6 cm³/mol. The molecule has 1 fully saturated rings. The van der Waals surface area contributed by atoms with Gasteiger partial charge in [0.25, 0.3) is 0 Å². The Bertz CT molecular complexity index is 690. The summed E-state index contributed by atoms with van der Waals surface area (Å²) in [5.74, 6) is 1.19. The number of sulfone groups is 1. The highest BCUT2D eigenvalue weighted by Crippen LogP contribution is 2.28. The maximum atomic E-state index is 12.6. The minimum absolute atomic E-state index is 0.0895. The van der Waals surface area contributed by atoms with Crippen LogP contribution in [0.15, 0.2) is 18.2 Å². The van der Waals surface area contributed by atoms with Crippen molar-refractivity contribution in [3.63, 3.8) is 0 Å². The van der Waals surface area contributed by atoms with Gasteiger partial charge >= 0.3 is 0 Å². The molecule has 134 valence electrons. The Balaban J connectivity index is 2.13. The number of carbonyl (C=O) groups is 1. The number of ether oxygens (including phenoxy) is 2. The van der Waals surface area contributed by atoms with Crippen molar-refractivity contribution in [1.82, 2.24) is 4.90 Å². The lowest BCUT2D eigenvalue weighted by Crippen LogP contribution is -2.42. The summed E-state index contributed by atoms with van der Waals surface area (Å²) in [5, 5.41) is 0. The van der Waals surface area contributed by atoms with Gasteiger partial charge in [0.2, 0.25) is 0 Å². The Hall–Kier alpha value is -1.64. The van der Waals surface area contributed by atoms with Crippen LogP contribution in [-0.4, -0.2) is 70.5 Å². The molecule has 0 amide bonds. The van der Waals surface area contributed by atoms with E-state index in [1.807, 2.05) is 4.90 Å². The number of benzene rings is 1. The Morgan fingerprint density at radius 2 is 2.00 bits per heavy atom. The van der Waals surface area contributed by atoms with Crippen molar-refractivity contribution in [2.24, 2.45) is 5.73 Å². The molecule has 8 heteroatoms. The summed E-state index contributed by atoms with van der Waals surface area (Å²) in [4.78, 5) is 14.5. The molecule has 1 aromatic rings. The van der Waals surface area contributed by atoms with E-state index in [-0.39, 0.29) is 29.9 Å². The summed E-state index contributed by atoms with van der Waals surface area (Å²) < 4.78 is 33.8. The summed E-state index contributed by atoms with van der Waals surface area (Å²) in [5.41, 5.74) is 6.12. The number of nitrogens with zero attached hydrogens (tertiary/aromatic N) is 1. The molecule has 0 aromatic heterocycles. The molecule has 2 N–H and O–H groups in total. The van der Waals surface area contributed by atoms with Crippen LogP contribution in [0.25, 0.3) is 0 Å². The Kier molecular flexibility index (Phi) is 6.20. The fraction of sp³-hybridized carbons (Fsp3) is 0.562. The first kappa shape index (κ1) is 18.7. The van der Waals surface area contributed by atoms with Crippen LogP contribution >= 0.6 is 0 Å². The largest absolute Gasteiger partial charge is 0.493 e. The third-order valence-electron chi connectivity index (χ3n) is 4.19. The summed E-state index contributed by atoms with van der Waals surface area (Å²) in [6.07, 6.45) is 0.543. The predicted octanol–water partition coefficient (Wildman–Crippen LogP) is 0.334. The lowest BCUT2D eigenvalue weighted by molar-refractivity contribution is 0.0904. The number of hydrogen-bond acceptors (Lipinski definition) is 7. The van der Waals surface area contributed by atoms with Gasteiger partial charge in [-0.3, -0.25) is 9.69 Å². The summed E-state index contributed by atoms with van der Waals surface area (Å²) in [6, 6.07) is 4.84. The number of Topliss-reactive ketones (excluding diaryl/α,β-unsaturated/α-hetero) is 1. The number of hydrogen-bond donors (Lipinski definition) is 1. The molecule has 1 aliphatic heterocycles. The van der Waals surface area contributed by atoms with E-state index in [2.05, 4.69) is 0 Å². The zero-order valence-electron chi connectivity index (χ0n) is 14.0. The average molecular weight is 356 g/mol. The van der Waals surface area contributed by atoms with E-state index in [9.17, 15) is 13.2 Å². The fourth-order valence-electron chi connectivity index (χ4n) is 2.91. The smallest absolute Gasteiger partial charge is 0.176 e. The topological polar surface area (TPSA) is 98.9 Å². The van der Waals surface area contributed by atoms with Crippen LogP contribution in [0.1, 0.15) is 16.8 Å². The van der Waals surface area contributed by atoms with E-state index in [0.29, 0.717) is 36.6 Å². The van der Waals surface area contributed by atoms with Gasteiger partial charge in [-0.1, -0.05) is 0 Å². The standard InChI is InChI=1S/C16H24N2O5S/c1-22-15-4-3-12(9-16(15)23-2)14(19)10-18(7-6-17)13-5-8-24(20,21)11-13/h3-4,9,13H,5-8,10-11,17H2,1-2H3/t13-/m0/s1. The fourth-order valence-corrected chi connectivity index (χ4v) is 4.67. The maximum absolute atomic E-state index is 12.6. The zero-order valence-corrected chi connectivity index (χ0v) is 14.8. The molecule has 0 aliphatic carbocycles. The van der Waals surface area contributed by atoms with Gasteiger partial charge < -0.3 is 15.2 Å². The SMILES string of the molecule is COc1ccc(C(=O)CN(CCN)[C@H]2CCS(=O)(=O)C2)cc1OC. The monoisotopic (exact) mass is 356 g/mol. The Morgan fingerprint density at radius 1 is 1.29 bits per heavy atom. The molecule has 2 rings (SSSR count).